The highest BCUT2D eigenvalue weighted by Gasteiger charge is 2.19. The summed E-state index contributed by atoms with van der Waals surface area (Å²) in [5.41, 5.74) is 7.31. The van der Waals surface area contributed by atoms with E-state index < -0.39 is 5.60 Å². The molecule has 0 fully saturated rings. The largest absolute Gasteiger partial charge is 0.460 e. The highest BCUT2D eigenvalue weighted by atomic mass is 16.6. The molecule has 0 radical (unpaired) electrons. The summed E-state index contributed by atoms with van der Waals surface area (Å²) in [5.74, 6) is -0.319. The van der Waals surface area contributed by atoms with E-state index in [2.05, 4.69) is 5.16 Å². The van der Waals surface area contributed by atoms with Gasteiger partial charge in [-0.05, 0) is 38.5 Å². The number of fused-ring (bicyclic) bond motifs is 1. The fourth-order valence-electron chi connectivity index (χ4n) is 1.80. The zero-order chi connectivity index (χ0) is 14.0. The number of aromatic nitrogens is 1. The molecule has 0 spiro atoms. The van der Waals surface area contributed by atoms with Crippen LogP contribution in [0.5, 0.6) is 0 Å². The maximum atomic E-state index is 11.8. The molecule has 102 valence electrons. The number of benzene rings is 1. The van der Waals surface area contributed by atoms with Crippen molar-refractivity contribution in [3.05, 3.63) is 29.5 Å². The highest BCUT2D eigenvalue weighted by molar-refractivity contribution is 5.84. The molecule has 0 aliphatic heterocycles. The van der Waals surface area contributed by atoms with E-state index >= 15 is 0 Å². The van der Waals surface area contributed by atoms with Crippen molar-refractivity contribution in [2.24, 2.45) is 5.73 Å². The number of rotatable bonds is 3. The minimum atomic E-state index is -0.501. The second kappa shape index (κ2) is 5.01. The Labute approximate surface area is 111 Å². The molecule has 0 aliphatic carbocycles. The fourth-order valence-corrected chi connectivity index (χ4v) is 1.80. The predicted molar refractivity (Wildman–Crippen MR) is 71.4 cm³/mol. The molecule has 5 nitrogen and oxygen atoms in total. The Bertz CT molecular complexity index is 596. The first-order chi connectivity index (χ1) is 8.89. The SMILES string of the molecule is CC(C)(C)OC(=O)Cc1noc2ccc(CN)cc12. The number of hydrogen-bond donors (Lipinski definition) is 1. The monoisotopic (exact) mass is 262 g/mol. The number of nitrogens with two attached hydrogens (primary N) is 1. The van der Waals surface area contributed by atoms with E-state index in [-0.39, 0.29) is 12.4 Å². The number of carbonyl (C=O) groups is 1. The van der Waals surface area contributed by atoms with E-state index in [0.717, 1.165) is 10.9 Å². The quantitative estimate of drug-likeness (QED) is 0.858. The van der Waals surface area contributed by atoms with E-state index in [4.69, 9.17) is 15.0 Å². The zero-order valence-electron chi connectivity index (χ0n) is 11.4. The Balaban J connectivity index is 2.23. The van der Waals surface area contributed by atoms with Crippen LogP contribution in [0.4, 0.5) is 0 Å². The van der Waals surface area contributed by atoms with Gasteiger partial charge in [-0.3, -0.25) is 4.79 Å². The number of nitrogens with zero attached hydrogens (tertiary/aromatic N) is 1. The fraction of sp³-hybridized carbons (Fsp3) is 0.429. The smallest absolute Gasteiger partial charge is 0.312 e. The Morgan fingerprint density at radius 3 is 2.79 bits per heavy atom. The van der Waals surface area contributed by atoms with Crippen LogP contribution in [0.3, 0.4) is 0 Å². The standard InChI is InChI=1S/C14H18N2O3/c1-14(2,3)18-13(17)7-11-10-6-9(8-15)4-5-12(10)19-16-11/h4-6H,7-8,15H2,1-3H3. The summed E-state index contributed by atoms with van der Waals surface area (Å²) in [6.45, 7) is 5.93. The summed E-state index contributed by atoms with van der Waals surface area (Å²) in [6, 6.07) is 5.58. The van der Waals surface area contributed by atoms with Crippen molar-refractivity contribution in [2.75, 3.05) is 0 Å². The van der Waals surface area contributed by atoms with Crippen molar-refractivity contribution in [3.63, 3.8) is 0 Å². The Hall–Kier alpha value is -1.88. The van der Waals surface area contributed by atoms with Crippen molar-refractivity contribution in [3.8, 4) is 0 Å². The summed E-state index contributed by atoms with van der Waals surface area (Å²) in [6.07, 6.45) is 0.0955. The number of ether oxygens (including phenoxy) is 1. The normalized spacial score (nSPS) is 11.8. The molecule has 1 heterocycles. The predicted octanol–water partition coefficient (Wildman–Crippen LogP) is 2.17. The third kappa shape index (κ3) is 3.32. The van der Waals surface area contributed by atoms with Crippen LogP contribution in [-0.4, -0.2) is 16.7 Å². The molecule has 0 atom stereocenters. The van der Waals surface area contributed by atoms with Gasteiger partial charge in [0.15, 0.2) is 5.58 Å². The molecule has 2 rings (SSSR count). The van der Waals surface area contributed by atoms with Crippen molar-refractivity contribution < 1.29 is 14.1 Å². The zero-order valence-corrected chi connectivity index (χ0v) is 11.4. The molecule has 1 aromatic heterocycles. The third-order valence-electron chi connectivity index (χ3n) is 2.58. The summed E-state index contributed by atoms with van der Waals surface area (Å²) in [5, 5.41) is 4.74. The molecule has 5 heteroatoms. The average molecular weight is 262 g/mol. The first-order valence-corrected chi connectivity index (χ1v) is 6.18. The molecule has 0 aliphatic rings. The summed E-state index contributed by atoms with van der Waals surface area (Å²) >= 11 is 0. The van der Waals surface area contributed by atoms with Gasteiger partial charge < -0.3 is 15.0 Å². The summed E-state index contributed by atoms with van der Waals surface area (Å²) in [7, 11) is 0. The second-order valence-electron chi connectivity index (χ2n) is 5.43. The van der Waals surface area contributed by atoms with E-state index in [0.29, 0.717) is 17.8 Å². The lowest BCUT2D eigenvalue weighted by Crippen LogP contribution is -2.25. The van der Waals surface area contributed by atoms with Crippen LogP contribution >= 0.6 is 0 Å². The first-order valence-electron chi connectivity index (χ1n) is 6.18. The van der Waals surface area contributed by atoms with Gasteiger partial charge in [-0.2, -0.15) is 0 Å². The van der Waals surface area contributed by atoms with Crippen LogP contribution in [0.25, 0.3) is 11.0 Å². The summed E-state index contributed by atoms with van der Waals surface area (Å²) < 4.78 is 10.5. The van der Waals surface area contributed by atoms with Gasteiger partial charge >= 0.3 is 5.97 Å². The van der Waals surface area contributed by atoms with Crippen LogP contribution < -0.4 is 5.73 Å². The number of esters is 1. The van der Waals surface area contributed by atoms with Gasteiger partial charge in [-0.15, -0.1) is 0 Å². The highest BCUT2D eigenvalue weighted by Crippen LogP contribution is 2.21. The van der Waals surface area contributed by atoms with E-state index in [9.17, 15) is 4.79 Å². The van der Waals surface area contributed by atoms with E-state index in [1.807, 2.05) is 39.0 Å². The molecule has 19 heavy (non-hydrogen) atoms. The molecule has 0 saturated carbocycles. The molecule has 2 N–H and O–H groups in total. The Morgan fingerprint density at radius 1 is 1.42 bits per heavy atom. The van der Waals surface area contributed by atoms with Crippen LogP contribution in [0.15, 0.2) is 22.7 Å². The first kappa shape index (κ1) is 13.5. The molecular formula is C14H18N2O3. The van der Waals surface area contributed by atoms with Crippen molar-refractivity contribution in [1.82, 2.24) is 5.16 Å². The van der Waals surface area contributed by atoms with Crippen LogP contribution in [0.1, 0.15) is 32.0 Å². The molecule has 1 aromatic carbocycles. The maximum Gasteiger partial charge on any atom is 0.312 e. The summed E-state index contributed by atoms with van der Waals surface area (Å²) in [4.78, 5) is 11.8. The second-order valence-corrected chi connectivity index (χ2v) is 5.43. The van der Waals surface area contributed by atoms with E-state index in [1.54, 1.807) is 0 Å². The molecule has 0 unspecified atom stereocenters. The van der Waals surface area contributed by atoms with Crippen LogP contribution in [-0.2, 0) is 22.5 Å². The lowest BCUT2D eigenvalue weighted by Gasteiger charge is -2.18. The van der Waals surface area contributed by atoms with Crippen LogP contribution in [0, 0.1) is 0 Å². The maximum absolute atomic E-state index is 11.8. The Kier molecular flexibility index (Phi) is 3.57. The van der Waals surface area contributed by atoms with Crippen molar-refractivity contribution in [1.29, 1.82) is 0 Å². The third-order valence-corrected chi connectivity index (χ3v) is 2.58. The number of carbonyl (C=O) groups excluding carboxylic acids is 1. The lowest BCUT2D eigenvalue weighted by molar-refractivity contribution is -0.154. The van der Waals surface area contributed by atoms with Gasteiger partial charge in [0, 0.05) is 11.9 Å². The molecule has 0 saturated heterocycles. The van der Waals surface area contributed by atoms with Crippen molar-refractivity contribution in [2.45, 2.75) is 39.3 Å². The lowest BCUT2D eigenvalue weighted by atomic mass is 10.1. The molecule has 2 aromatic rings. The Morgan fingerprint density at radius 2 is 2.16 bits per heavy atom. The minimum absolute atomic E-state index is 0.0955. The van der Waals surface area contributed by atoms with Gasteiger partial charge in [0.1, 0.15) is 11.3 Å². The topological polar surface area (TPSA) is 78.3 Å². The van der Waals surface area contributed by atoms with Gasteiger partial charge in [0.2, 0.25) is 0 Å². The average Bonchev–Trinajstić information content (AvgIpc) is 2.69. The van der Waals surface area contributed by atoms with Gasteiger partial charge in [-0.1, -0.05) is 11.2 Å². The van der Waals surface area contributed by atoms with Gasteiger partial charge in [0.25, 0.3) is 0 Å². The van der Waals surface area contributed by atoms with E-state index in [1.165, 1.54) is 0 Å². The van der Waals surface area contributed by atoms with Crippen LogP contribution in [0.2, 0.25) is 0 Å². The van der Waals surface area contributed by atoms with Gasteiger partial charge in [0.05, 0.1) is 6.42 Å². The van der Waals surface area contributed by atoms with Crippen molar-refractivity contribution >= 4 is 16.9 Å². The molecular weight excluding hydrogens is 244 g/mol. The minimum Gasteiger partial charge on any atom is -0.460 e. The molecule has 0 amide bonds. The number of hydrogen-bond acceptors (Lipinski definition) is 5. The van der Waals surface area contributed by atoms with Gasteiger partial charge in [-0.25, -0.2) is 0 Å². The molecule has 0 bridgehead atoms.